The molecule has 0 aromatic carbocycles. The van der Waals surface area contributed by atoms with E-state index < -0.39 is 5.97 Å². The Labute approximate surface area is 158 Å². The van der Waals surface area contributed by atoms with Crippen LogP contribution in [0.2, 0.25) is 0 Å². The van der Waals surface area contributed by atoms with E-state index in [0.717, 1.165) is 23.1 Å². The molecule has 138 valence electrons. The molecular formula is C22H21NO4. The summed E-state index contributed by atoms with van der Waals surface area (Å²) >= 11 is 0. The number of allylic oxidation sites excluding steroid dienone is 6. The van der Waals surface area contributed by atoms with Crippen LogP contribution in [0.25, 0.3) is 0 Å². The Balaban J connectivity index is 1.56. The number of ether oxygens (including phenoxy) is 1. The van der Waals surface area contributed by atoms with E-state index in [1.54, 1.807) is 12.2 Å². The first kappa shape index (κ1) is 17.6. The minimum absolute atomic E-state index is 0.0219. The largest absolute Gasteiger partial charge is 0.478 e. The molecule has 5 heteroatoms. The van der Waals surface area contributed by atoms with Gasteiger partial charge in [0.2, 0.25) is 0 Å². The number of likely N-dealkylation sites (N-methyl/N-ethyl adjacent to an activating group) is 1. The van der Waals surface area contributed by atoms with Crippen molar-refractivity contribution in [2.24, 2.45) is 17.8 Å². The lowest BCUT2D eigenvalue weighted by molar-refractivity contribution is -0.132. The van der Waals surface area contributed by atoms with Crippen molar-refractivity contribution in [2.75, 3.05) is 7.05 Å². The summed E-state index contributed by atoms with van der Waals surface area (Å²) in [4.78, 5) is 25.1. The Morgan fingerprint density at radius 2 is 2.22 bits per heavy atom. The molecule has 3 aliphatic carbocycles. The number of aldehydes is 1. The third-order valence-corrected chi connectivity index (χ3v) is 5.48. The van der Waals surface area contributed by atoms with Crippen molar-refractivity contribution in [3.8, 4) is 11.8 Å². The van der Waals surface area contributed by atoms with E-state index in [1.165, 1.54) is 0 Å². The van der Waals surface area contributed by atoms with Gasteiger partial charge < -0.3 is 14.7 Å². The standard InChI is InChI=1S/C22H21NO4/c1-13-9-15(22(25)26)11-16(10-13)23(2)21-20(27-21)18-8-7-14-5-3-4-6-17(14)19(18)12-24/h4,6-8,10-14,17,20-21H,9H2,1-2H3,(H,25,26). The van der Waals surface area contributed by atoms with Crippen molar-refractivity contribution in [1.29, 1.82) is 0 Å². The molecule has 4 aliphatic rings. The van der Waals surface area contributed by atoms with Crippen LogP contribution in [-0.4, -0.2) is 41.6 Å². The summed E-state index contributed by atoms with van der Waals surface area (Å²) in [6.45, 7) is 2.00. The molecule has 0 bridgehead atoms. The number of nitrogens with zero attached hydrogens (tertiary/aromatic N) is 1. The van der Waals surface area contributed by atoms with Crippen LogP contribution >= 0.6 is 0 Å². The zero-order valence-electron chi connectivity index (χ0n) is 15.3. The Hall–Kier alpha value is -2.84. The predicted octanol–water partition coefficient (Wildman–Crippen LogP) is 2.45. The molecule has 0 aromatic rings. The Morgan fingerprint density at radius 1 is 1.41 bits per heavy atom. The normalized spacial score (nSPS) is 33.3. The minimum atomic E-state index is -0.883. The van der Waals surface area contributed by atoms with Crippen LogP contribution in [-0.2, 0) is 14.3 Å². The number of aliphatic carboxylic acids is 1. The average molecular weight is 363 g/mol. The average Bonchev–Trinajstić information content (AvgIpc) is 3.46. The molecule has 27 heavy (non-hydrogen) atoms. The SMILES string of the molecule is CC1C=C(N(C)C2OC2C2=C(C=O)C3C=CC#CC3C=C2)C=C(C(=O)O)C1. The highest BCUT2D eigenvalue weighted by atomic mass is 16.6. The number of fused-ring (bicyclic) bond motifs is 1. The number of epoxide rings is 1. The second-order valence-corrected chi connectivity index (χ2v) is 7.39. The van der Waals surface area contributed by atoms with Gasteiger partial charge in [-0.15, -0.1) is 0 Å². The third-order valence-electron chi connectivity index (χ3n) is 5.48. The molecule has 1 aliphatic heterocycles. The molecule has 1 heterocycles. The van der Waals surface area contributed by atoms with Crippen molar-refractivity contribution >= 4 is 12.3 Å². The van der Waals surface area contributed by atoms with Gasteiger partial charge in [-0.2, -0.15) is 0 Å². The van der Waals surface area contributed by atoms with Gasteiger partial charge in [-0.1, -0.05) is 43.1 Å². The molecule has 4 rings (SSSR count). The molecule has 1 N–H and O–H groups in total. The number of rotatable bonds is 5. The van der Waals surface area contributed by atoms with Crippen molar-refractivity contribution in [1.82, 2.24) is 4.90 Å². The summed E-state index contributed by atoms with van der Waals surface area (Å²) in [6, 6.07) is 0. The smallest absolute Gasteiger partial charge is 0.331 e. The van der Waals surface area contributed by atoms with Crippen molar-refractivity contribution in [2.45, 2.75) is 25.7 Å². The quantitative estimate of drug-likeness (QED) is 0.462. The van der Waals surface area contributed by atoms with Gasteiger partial charge in [0.1, 0.15) is 12.4 Å². The first-order chi connectivity index (χ1) is 13.0. The first-order valence-corrected chi connectivity index (χ1v) is 9.08. The van der Waals surface area contributed by atoms with Crippen molar-refractivity contribution < 1.29 is 19.4 Å². The topological polar surface area (TPSA) is 70.1 Å². The lowest BCUT2D eigenvalue weighted by atomic mass is 9.77. The van der Waals surface area contributed by atoms with E-state index in [-0.39, 0.29) is 30.1 Å². The van der Waals surface area contributed by atoms with Crippen LogP contribution < -0.4 is 0 Å². The molecule has 0 radical (unpaired) electrons. The van der Waals surface area contributed by atoms with E-state index in [9.17, 15) is 14.7 Å². The van der Waals surface area contributed by atoms with Crippen LogP contribution in [0.5, 0.6) is 0 Å². The fourth-order valence-electron chi connectivity index (χ4n) is 4.00. The van der Waals surface area contributed by atoms with Gasteiger partial charge in [0, 0.05) is 35.7 Å². The number of carboxylic acid groups (broad SMARTS) is 1. The van der Waals surface area contributed by atoms with Crippen LogP contribution in [0.4, 0.5) is 0 Å². The lowest BCUT2D eigenvalue weighted by Gasteiger charge is -2.26. The van der Waals surface area contributed by atoms with Crippen LogP contribution in [0.1, 0.15) is 13.3 Å². The van der Waals surface area contributed by atoms with Crippen LogP contribution in [0.15, 0.2) is 58.9 Å². The molecule has 0 saturated carbocycles. The van der Waals surface area contributed by atoms with E-state index in [1.807, 2.05) is 37.1 Å². The third kappa shape index (κ3) is 3.17. The Kier molecular flexibility index (Phi) is 4.37. The van der Waals surface area contributed by atoms with Crippen LogP contribution in [0.3, 0.4) is 0 Å². The zero-order valence-corrected chi connectivity index (χ0v) is 15.3. The molecule has 5 atom stereocenters. The van der Waals surface area contributed by atoms with Crippen molar-refractivity contribution in [3.05, 3.63) is 58.9 Å². The molecular weight excluding hydrogens is 342 g/mol. The van der Waals surface area contributed by atoms with Gasteiger partial charge in [0.15, 0.2) is 6.23 Å². The van der Waals surface area contributed by atoms with Gasteiger partial charge >= 0.3 is 5.97 Å². The van der Waals surface area contributed by atoms with Crippen molar-refractivity contribution in [3.63, 3.8) is 0 Å². The number of carbonyl (C=O) groups is 2. The first-order valence-electron chi connectivity index (χ1n) is 9.08. The van der Waals surface area contributed by atoms with Crippen LogP contribution in [0, 0.1) is 29.6 Å². The Morgan fingerprint density at radius 3 is 2.96 bits per heavy atom. The molecule has 1 saturated heterocycles. The summed E-state index contributed by atoms with van der Waals surface area (Å²) in [7, 11) is 1.90. The van der Waals surface area contributed by atoms with Gasteiger partial charge in [0.05, 0.1) is 0 Å². The second-order valence-electron chi connectivity index (χ2n) is 7.39. The fourth-order valence-corrected chi connectivity index (χ4v) is 4.00. The number of hydrogen-bond donors (Lipinski definition) is 1. The highest BCUT2D eigenvalue weighted by molar-refractivity contribution is 5.87. The fraction of sp³-hybridized carbons (Fsp3) is 0.364. The van der Waals surface area contributed by atoms with Gasteiger partial charge in [0.25, 0.3) is 0 Å². The van der Waals surface area contributed by atoms with Gasteiger partial charge in [-0.05, 0) is 30.1 Å². The summed E-state index contributed by atoms with van der Waals surface area (Å²) in [5.74, 6) is 5.37. The van der Waals surface area contributed by atoms with E-state index in [4.69, 9.17) is 4.74 Å². The highest BCUT2D eigenvalue weighted by Crippen LogP contribution is 2.41. The molecule has 0 aromatic heterocycles. The number of carboxylic acids is 1. The molecule has 1 fully saturated rings. The summed E-state index contributed by atoms with van der Waals surface area (Å²) < 4.78 is 5.89. The lowest BCUT2D eigenvalue weighted by Crippen LogP contribution is -2.27. The Bertz CT molecular complexity index is 908. The van der Waals surface area contributed by atoms with Gasteiger partial charge in [-0.25, -0.2) is 4.79 Å². The molecule has 5 nitrogen and oxygen atoms in total. The summed E-state index contributed by atoms with van der Waals surface area (Å²) in [5.41, 5.74) is 2.86. The highest BCUT2D eigenvalue weighted by Gasteiger charge is 2.47. The monoisotopic (exact) mass is 363 g/mol. The summed E-state index contributed by atoms with van der Waals surface area (Å²) in [6.07, 6.45) is 12.6. The molecule has 0 spiro atoms. The molecule has 0 amide bonds. The van der Waals surface area contributed by atoms with Gasteiger partial charge in [-0.3, -0.25) is 4.79 Å². The van der Waals surface area contributed by atoms with E-state index in [2.05, 4.69) is 17.9 Å². The maximum absolute atomic E-state index is 11.8. The maximum Gasteiger partial charge on any atom is 0.331 e. The predicted molar refractivity (Wildman–Crippen MR) is 100 cm³/mol. The molecule has 5 unspecified atom stereocenters. The maximum atomic E-state index is 11.8. The van der Waals surface area contributed by atoms with E-state index in [0.29, 0.717) is 12.0 Å². The van der Waals surface area contributed by atoms with E-state index >= 15 is 0 Å². The second kappa shape index (κ2) is 6.71. The summed E-state index contributed by atoms with van der Waals surface area (Å²) in [5, 5.41) is 9.32. The zero-order chi connectivity index (χ0) is 19.1. The number of carbonyl (C=O) groups excluding carboxylic acids is 1. The minimum Gasteiger partial charge on any atom is -0.478 e. The number of hydrogen-bond acceptors (Lipinski definition) is 4.